The third kappa shape index (κ3) is 3.73. The minimum absolute atomic E-state index is 0.137. The van der Waals surface area contributed by atoms with Crippen LogP contribution < -0.4 is 0 Å². The summed E-state index contributed by atoms with van der Waals surface area (Å²) >= 11 is 1.60. The number of benzene rings is 2. The van der Waals surface area contributed by atoms with Gasteiger partial charge in [0.1, 0.15) is 5.71 Å². The Balaban J connectivity index is 1.97. The Morgan fingerprint density at radius 3 is 2.12 bits per heavy atom. The molecule has 3 nitrogen and oxygen atoms in total. The van der Waals surface area contributed by atoms with Crippen LogP contribution in [-0.2, 0) is 0 Å². The number of hydrogen-bond donors (Lipinski definition) is 0. The van der Waals surface area contributed by atoms with E-state index in [0.717, 1.165) is 16.0 Å². The van der Waals surface area contributed by atoms with E-state index in [0.29, 0.717) is 11.3 Å². The number of rotatable bonds is 5. The maximum atomic E-state index is 12.8. The molecule has 0 aliphatic heterocycles. The van der Waals surface area contributed by atoms with Gasteiger partial charge in [-0.05, 0) is 23.9 Å². The van der Waals surface area contributed by atoms with Crippen molar-refractivity contribution < 1.29 is 4.79 Å². The smallest absolute Gasteiger partial charge is 0.213 e. The lowest BCUT2D eigenvalue weighted by Crippen LogP contribution is -2.15. The lowest BCUT2D eigenvalue weighted by atomic mass is 10.0. The average Bonchev–Trinajstić information content (AvgIpc) is 3.05. The highest BCUT2D eigenvalue weighted by Crippen LogP contribution is 2.13. The molecule has 0 aliphatic rings. The lowest BCUT2D eigenvalue weighted by molar-refractivity contribution is 0.106. The van der Waals surface area contributed by atoms with Crippen LogP contribution in [0.5, 0.6) is 0 Å². The van der Waals surface area contributed by atoms with Crippen LogP contribution in [0, 0.1) is 6.92 Å². The summed E-state index contributed by atoms with van der Waals surface area (Å²) in [6, 6.07) is 20.6. The number of nitrogens with zero attached hydrogens (tertiary/aromatic N) is 2. The topological polar surface area (TPSA) is 41.8 Å². The van der Waals surface area contributed by atoms with Crippen LogP contribution in [0.2, 0.25) is 0 Å². The van der Waals surface area contributed by atoms with E-state index >= 15 is 0 Å². The fourth-order valence-corrected chi connectivity index (χ4v) is 2.99. The molecule has 0 unspecified atom stereocenters. The first kappa shape index (κ1) is 16.0. The van der Waals surface area contributed by atoms with Gasteiger partial charge in [-0.15, -0.1) is 16.4 Å². The van der Waals surface area contributed by atoms with Crippen molar-refractivity contribution in [3.63, 3.8) is 0 Å². The summed E-state index contributed by atoms with van der Waals surface area (Å²) in [5, 5.41) is 10.4. The Bertz CT molecular complexity index is 880. The van der Waals surface area contributed by atoms with Crippen LogP contribution in [0.15, 0.2) is 82.3 Å². The first-order valence-electron chi connectivity index (χ1n) is 7.56. The Kier molecular flexibility index (Phi) is 5.08. The molecule has 0 aliphatic carbocycles. The lowest BCUT2D eigenvalue weighted by Gasteiger charge is -2.04. The van der Waals surface area contributed by atoms with Crippen molar-refractivity contribution >= 4 is 29.0 Å². The van der Waals surface area contributed by atoms with E-state index in [2.05, 4.69) is 10.2 Å². The summed E-state index contributed by atoms with van der Waals surface area (Å²) in [4.78, 5) is 13.8. The van der Waals surface area contributed by atoms with Crippen LogP contribution in [0.25, 0.3) is 0 Å². The molecule has 0 radical (unpaired) electrons. The Morgan fingerprint density at radius 1 is 0.917 bits per heavy atom. The molecule has 0 saturated heterocycles. The number of carbonyl (C=O) groups is 1. The molecule has 1 aromatic heterocycles. The molecular formula is C20H16N2OS. The predicted molar refractivity (Wildman–Crippen MR) is 100 cm³/mol. The largest absolute Gasteiger partial charge is 0.287 e. The zero-order chi connectivity index (χ0) is 16.8. The summed E-state index contributed by atoms with van der Waals surface area (Å²) < 4.78 is 0. The van der Waals surface area contributed by atoms with Gasteiger partial charge in [0.25, 0.3) is 0 Å². The quantitative estimate of drug-likeness (QED) is 0.377. The van der Waals surface area contributed by atoms with Crippen molar-refractivity contribution in [2.45, 2.75) is 6.92 Å². The summed E-state index contributed by atoms with van der Waals surface area (Å²) in [5.41, 5.74) is 2.84. The summed E-state index contributed by atoms with van der Waals surface area (Å²) in [6.45, 7) is 2.02. The molecule has 24 heavy (non-hydrogen) atoms. The van der Waals surface area contributed by atoms with Crippen molar-refractivity contribution in [3.8, 4) is 0 Å². The zero-order valence-corrected chi connectivity index (χ0v) is 14.0. The van der Waals surface area contributed by atoms with E-state index in [1.54, 1.807) is 29.7 Å². The molecule has 4 heteroatoms. The first-order valence-corrected chi connectivity index (χ1v) is 8.44. The average molecular weight is 332 g/mol. The minimum Gasteiger partial charge on any atom is -0.287 e. The molecule has 0 amide bonds. The normalized spacial score (nSPS) is 11.8. The van der Waals surface area contributed by atoms with Gasteiger partial charge < -0.3 is 0 Å². The molecule has 0 fully saturated rings. The number of Topliss-reactive ketones (excluding diaryl/α,β-unsaturated/α-hetero) is 1. The number of thiophene rings is 1. The fraction of sp³-hybridized carbons (Fsp3) is 0.0500. The van der Waals surface area contributed by atoms with E-state index in [4.69, 9.17) is 0 Å². The molecule has 0 spiro atoms. The highest BCUT2D eigenvalue weighted by atomic mass is 32.1. The first-order chi connectivity index (χ1) is 11.8. The Morgan fingerprint density at radius 2 is 1.54 bits per heavy atom. The molecule has 0 N–H and O–H groups in total. The van der Waals surface area contributed by atoms with Crippen molar-refractivity contribution in [2.24, 2.45) is 10.2 Å². The van der Waals surface area contributed by atoms with Crippen molar-refractivity contribution in [1.82, 2.24) is 0 Å². The number of aryl methyl sites for hydroxylation is 1. The monoisotopic (exact) mass is 332 g/mol. The highest BCUT2D eigenvalue weighted by molar-refractivity contribution is 7.11. The van der Waals surface area contributed by atoms with Gasteiger partial charge >= 0.3 is 0 Å². The molecule has 1 heterocycles. The fourth-order valence-electron chi connectivity index (χ4n) is 2.21. The van der Waals surface area contributed by atoms with Crippen LogP contribution in [0.4, 0.5) is 0 Å². The van der Waals surface area contributed by atoms with Crippen LogP contribution >= 0.6 is 11.3 Å². The van der Waals surface area contributed by atoms with Gasteiger partial charge in [0.05, 0.1) is 11.1 Å². The van der Waals surface area contributed by atoms with Gasteiger partial charge in [-0.3, -0.25) is 4.79 Å². The van der Waals surface area contributed by atoms with Crippen LogP contribution in [0.1, 0.15) is 26.4 Å². The highest BCUT2D eigenvalue weighted by Gasteiger charge is 2.15. The number of carbonyl (C=O) groups excluding carboxylic acids is 1. The van der Waals surface area contributed by atoms with E-state index in [1.807, 2.05) is 66.9 Å². The Hall–Kier alpha value is -2.85. The predicted octanol–water partition coefficient (Wildman–Crippen LogP) is 4.76. The second-order valence-corrected chi connectivity index (χ2v) is 6.17. The van der Waals surface area contributed by atoms with Crippen LogP contribution in [0.3, 0.4) is 0 Å². The molecule has 3 aromatic rings. The van der Waals surface area contributed by atoms with Crippen molar-refractivity contribution in [2.75, 3.05) is 0 Å². The van der Waals surface area contributed by atoms with Gasteiger partial charge in [0.15, 0.2) is 0 Å². The maximum Gasteiger partial charge on any atom is 0.213 e. The second kappa shape index (κ2) is 7.62. The molecule has 0 saturated carbocycles. The standard InChI is InChI=1S/C20H16N2OS/c1-15-12-13-24-18(15)14-21-22-19(16-8-4-2-5-9-16)20(23)17-10-6-3-7-11-17/h2-14H,1H3. The molecule has 0 atom stereocenters. The van der Waals surface area contributed by atoms with Gasteiger partial charge in [0.2, 0.25) is 5.78 Å². The van der Waals surface area contributed by atoms with E-state index < -0.39 is 0 Å². The zero-order valence-electron chi connectivity index (χ0n) is 13.2. The number of ketones is 1. The van der Waals surface area contributed by atoms with E-state index in [-0.39, 0.29) is 5.78 Å². The molecular weight excluding hydrogens is 316 g/mol. The Labute approximate surface area is 145 Å². The van der Waals surface area contributed by atoms with Gasteiger partial charge in [0, 0.05) is 11.1 Å². The van der Waals surface area contributed by atoms with Crippen LogP contribution in [-0.4, -0.2) is 17.7 Å². The van der Waals surface area contributed by atoms with E-state index in [1.165, 1.54) is 0 Å². The van der Waals surface area contributed by atoms with Gasteiger partial charge in [-0.1, -0.05) is 60.7 Å². The third-order valence-electron chi connectivity index (χ3n) is 3.53. The number of hydrogen-bond acceptors (Lipinski definition) is 4. The van der Waals surface area contributed by atoms with Crippen molar-refractivity contribution in [1.29, 1.82) is 0 Å². The minimum atomic E-state index is -0.137. The van der Waals surface area contributed by atoms with Gasteiger partial charge in [-0.25, -0.2) is 0 Å². The molecule has 3 rings (SSSR count). The maximum absolute atomic E-state index is 12.8. The third-order valence-corrected chi connectivity index (χ3v) is 4.49. The molecule has 118 valence electrons. The second-order valence-electron chi connectivity index (χ2n) is 5.22. The summed E-state index contributed by atoms with van der Waals surface area (Å²) in [7, 11) is 0. The SMILES string of the molecule is Cc1ccsc1C=NN=C(C(=O)c1ccccc1)c1ccccc1. The summed E-state index contributed by atoms with van der Waals surface area (Å²) in [6.07, 6.45) is 1.70. The molecule has 2 aromatic carbocycles. The van der Waals surface area contributed by atoms with Crippen molar-refractivity contribution in [3.05, 3.63) is 93.7 Å². The van der Waals surface area contributed by atoms with Gasteiger partial charge in [-0.2, -0.15) is 5.10 Å². The van der Waals surface area contributed by atoms with E-state index in [9.17, 15) is 4.79 Å². The summed E-state index contributed by atoms with van der Waals surface area (Å²) in [5.74, 6) is -0.137. The molecule has 0 bridgehead atoms.